The largest absolute Gasteiger partial charge is 0.399 e. The molecule has 0 aliphatic heterocycles. The number of hydrogen-bond acceptors (Lipinski definition) is 2. The van der Waals surface area contributed by atoms with Crippen LogP contribution in [0.1, 0.15) is 31.2 Å². The number of anilines is 1. The van der Waals surface area contributed by atoms with Crippen LogP contribution in [0.5, 0.6) is 0 Å². The van der Waals surface area contributed by atoms with Gasteiger partial charge in [0.25, 0.3) is 0 Å². The maximum absolute atomic E-state index is 11.6. The van der Waals surface area contributed by atoms with E-state index in [1.54, 1.807) is 6.08 Å². The third kappa shape index (κ3) is 3.63. The summed E-state index contributed by atoms with van der Waals surface area (Å²) in [5, 5.41) is 3.01. The van der Waals surface area contributed by atoms with Gasteiger partial charge in [-0.2, -0.15) is 0 Å². The van der Waals surface area contributed by atoms with Crippen molar-refractivity contribution >= 4 is 17.7 Å². The topological polar surface area (TPSA) is 55.1 Å². The van der Waals surface area contributed by atoms with Crippen LogP contribution >= 0.6 is 0 Å². The van der Waals surface area contributed by atoms with Crippen molar-refractivity contribution in [2.45, 2.75) is 31.7 Å². The summed E-state index contributed by atoms with van der Waals surface area (Å²) in [5.74, 6) is -0.00581. The number of nitrogen functional groups attached to an aromatic ring is 1. The van der Waals surface area contributed by atoms with Crippen molar-refractivity contribution in [3.8, 4) is 0 Å². The molecule has 0 bridgehead atoms. The predicted molar refractivity (Wildman–Crippen MR) is 70.3 cm³/mol. The van der Waals surface area contributed by atoms with E-state index in [1.807, 2.05) is 30.3 Å². The van der Waals surface area contributed by atoms with Gasteiger partial charge in [-0.05, 0) is 36.6 Å². The highest BCUT2D eigenvalue weighted by Gasteiger charge is 2.15. The summed E-state index contributed by atoms with van der Waals surface area (Å²) in [6, 6.07) is 7.82. The Morgan fingerprint density at radius 1 is 1.24 bits per heavy atom. The van der Waals surface area contributed by atoms with Gasteiger partial charge in [0.2, 0.25) is 5.91 Å². The summed E-state index contributed by atoms with van der Waals surface area (Å²) in [5.41, 5.74) is 7.31. The minimum Gasteiger partial charge on any atom is -0.399 e. The molecule has 0 unspecified atom stereocenters. The van der Waals surface area contributed by atoms with Crippen LogP contribution < -0.4 is 11.1 Å². The zero-order valence-corrected chi connectivity index (χ0v) is 9.86. The van der Waals surface area contributed by atoms with E-state index in [0.717, 1.165) is 24.1 Å². The molecule has 1 aromatic rings. The van der Waals surface area contributed by atoms with Gasteiger partial charge < -0.3 is 11.1 Å². The number of rotatable bonds is 3. The van der Waals surface area contributed by atoms with Crippen LogP contribution in [0.3, 0.4) is 0 Å². The standard InChI is InChI=1S/C14H18N2O/c15-12-8-5-11(6-9-12)7-10-14(17)16-13-3-1-2-4-13/h5-10,13H,1-4,15H2,(H,16,17)/b10-7+. The molecule has 3 nitrogen and oxygen atoms in total. The molecule has 2 rings (SSSR count). The van der Waals surface area contributed by atoms with Crippen LogP contribution in [0.15, 0.2) is 30.3 Å². The van der Waals surface area contributed by atoms with Gasteiger partial charge in [-0.3, -0.25) is 4.79 Å². The quantitative estimate of drug-likeness (QED) is 0.618. The fourth-order valence-corrected chi connectivity index (χ4v) is 2.10. The summed E-state index contributed by atoms with van der Waals surface area (Å²) < 4.78 is 0. The molecule has 0 aromatic heterocycles. The molecule has 1 aliphatic carbocycles. The van der Waals surface area contributed by atoms with E-state index in [4.69, 9.17) is 5.73 Å². The number of nitrogens with one attached hydrogen (secondary N) is 1. The molecule has 0 heterocycles. The molecule has 1 saturated carbocycles. The summed E-state index contributed by atoms with van der Waals surface area (Å²) in [6.45, 7) is 0. The van der Waals surface area contributed by atoms with E-state index in [1.165, 1.54) is 12.8 Å². The lowest BCUT2D eigenvalue weighted by Gasteiger charge is -2.08. The molecule has 3 heteroatoms. The molecular weight excluding hydrogens is 212 g/mol. The molecule has 1 aliphatic rings. The van der Waals surface area contributed by atoms with E-state index in [9.17, 15) is 4.79 Å². The third-order valence-corrected chi connectivity index (χ3v) is 3.07. The summed E-state index contributed by atoms with van der Waals surface area (Å²) >= 11 is 0. The Labute approximate surface area is 102 Å². The van der Waals surface area contributed by atoms with Crippen LogP contribution in [0.4, 0.5) is 5.69 Å². The van der Waals surface area contributed by atoms with E-state index >= 15 is 0 Å². The van der Waals surface area contributed by atoms with Crippen molar-refractivity contribution in [2.75, 3.05) is 5.73 Å². The van der Waals surface area contributed by atoms with Gasteiger partial charge in [0.1, 0.15) is 0 Å². The van der Waals surface area contributed by atoms with E-state index in [-0.39, 0.29) is 5.91 Å². The summed E-state index contributed by atoms with van der Waals surface area (Å²) in [4.78, 5) is 11.6. The Morgan fingerprint density at radius 2 is 1.88 bits per heavy atom. The first-order chi connectivity index (χ1) is 8.24. The van der Waals surface area contributed by atoms with Crippen molar-refractivity contribution in [2.24, 2.45) is 0 Å². The van der Waals surface area contributed by atoms with Crippen LogP contribution in [0, 0.1) is 0 Å². The maximum atomic E-state index is 11.6. The first-order valence-corrected chi connectivity index (χ1v) is 6.08. The van der Waals surface area contributed by atoms with Gasteiger partial charge in [0, 0.05) is 17.8 Å². The summed E-state index contributed by atoms with van der Waals surface area (Å²) in [7, 11) is 0. The van der Waals surface area contributed by atoms with Crippen LogP contribution in [0.25, 0.3) is 6.08 Å². The highest BCUT2D eigenvalue weighted by atomic mass is 16.1. The highest BCUT2D eigenvalue weighted by Crippen LogP contribution is 2.17. The lowest BCUT2D eigenvalue weighted by atomic mass is 10.2. The number of hydrogen-bond donors (Lipinski definition) is 2. The Bertz CT molecular complexity index is 403. The number of benzene rings is 1. The van der Waals surface area contributed by atoms with Crippen LogP contribution in [-0.2, 0) is 4.79 Å². The van der Waals surface area contributed by atoms with E-state index in [0.29, 0.717) is 6.04 Å². The van der Waals surface area contributed by atoms with Gasteiger partial charge in [-0.1, -0.05) is 25.0 Å². The minimum absolute atomic E-state index is 0.00581. The Balaban J connectivity index is 1.86. The Kier molecular flexibility index (Phi) is 3.81. The molecular formula is C14H18N2O. The molecule has 90 valence electrons. The highest BCUT2D eigenvalue weighted by molar-refractivity contribution is 5.91. The first kappa shape index (κ1) is 11.7. The molecule has 3 N–H and O–H groups in total. The SMILES string of the molecule is Nc1ccc(/C=C/C(=O)NC2CCCC2)cc1. The van der Waals surface area contributed by atoms with Crippen molar-refractivity contribution in [1.29, 1.82) is 0 Å². The van der Waals surface area contributed by atoms with Gasteiger partial charge in [0.15, 0.2) is 0 Å². The predicted octanol–water partition coefficient (Wildman–Crippen LogP) is 2.34. The molecule has 17 heavy (non-hydrogen) atoms. The van der Waals surface area contributed by atoms with E-state index in [2.05, 4.69) is 5.32 Å². The van der Waals surface area contributed by atoms with E-state index < -0.39 is 0 Å². The van der Waals surface area contributed by atoms with Gasteiger partial charge in [0.05, 0.1) is 0 Å². The second kappa shape index (κ2) is 5.53. The molecule has 1 amide bonds. The number of carbonyl (C=O) groups excluding carboxylic acids is 1. The Morgan fingerprint density at radius 3 is 2.53 bits per heavy atom. The van der Waals surface area contributed by atoms with Gasteiger partial charge in [-0.15, -0.1) is 0 Å². The minimum atomic E-state index is -0.00581. The average Bonchev–Trinajstić information content (AvgIpc) is 2.81. The maximum Gasteiger partial charge on any atom is 0.244 e. The number of nitrogens with two attached hydrogens (primary N) is 1. The van der Waals surface area contributed by atoms with Crippen molar-refractivity contribution in [3.05, 3.63) is 35.9 Å². The molecule has 0 spiro atoms. The number of amides is 1. The number of carbonyl (C=O) groups is 1. The normalized spacial score (nSPS) is 16.5. The summed E-state index contributed by atoms with van der Waals surface area (Å²) in [6.07, 6.45) is 8.08. The molecule has 0 atom stereocenters. The Hall–Kier alpha value is -1.77. The molecule has 0 radical (unpaired) electrons. The first-order valence-electron chi connectivity index (χ1n) is 6.08. The van der Waals surface area contributed by atoms with Gasteiger partial charge in [-0.25, -0.2) is 0 Å². The monoisotopic (exact) mass is 230 g/mol. The third-order valence-electron chi connectivity index (χ3n) is 3.07. The second-order valence-electron chi connectivity index (χ2n) is 4.49. The average molecular weight is 230 g/mol. The van der Waals surface area contributed by atoms with Crippen LogP contribution in [0.2, 0.25) is 0 Å². The van der Waals surface area contributed by atoms with Gasteiger partial charge >= 0.3 is 0 Å². The van der Waals surface area contributed by atoms with Crippen molar-refractivity contribution < 1.29 is 4.79 Å². The van der Waals surface area contributed by atoms with Crippen molar-refractivity contribution in [3.63, 3.8) is 0 Å². The van der Waals surface area contributed by atoms with Crippen LogP contribution in [-0.4, -0.2) is 11.9 Å². The zero-order chi connectivity index (χ0) is 12.1. The lowest BCUT2D eigenvalue weighted by molar-refractivity contribution is -0.117. The van der Waals surface area contributed by atoms with Crippen molar-refractivity contribution in [1.82, 2.24) is 5.32 Å². The lowest BCUT2D eigenvalue weighted by Crippen LogP contribution is -2.30. The fraction of sp³-hybridized carbons (Fsp3) is 0.357. The fourth-order valence-electron chi connectivity index (χ4n) is 2.10. The smallest absolute Gasteiger partial charge is 0.244 e. The molecule has 1 fully saturated rings. The molecule has 1 aromatic carbocycles. The zero-order valence-electron chi connectivity index (χ0n) is 9.86. The molecule has 0 saturated heterocycles. The second-order valence-corrected chi connectivity index (χ2v) is 4.49.